The molecule has 2 aromatic rings. The highest BCUT2D eigenvalue weighted by atomic mass is 19.4. The summed E-state index contributed by atoms with van der Waals surface area (Å²) in [5.41, 5.74) is -2.52. The van der Waals surface area contributed by atoms with Crippen LogP contribution in [0, 0.1) is 11.7 Å². The third kappa shape index (κ3) is 4.83. The van der Waals surface area contributed by atoms with E-state index in [9.17, 15) is 32.3 Å². The molecular weight excluding hydrogens is 510 g/mol. The normalized spacial score (nSPS) is 26.7. The summed E-state index contributed by atoms with van der Waals surface area (Å²) >= 11 is 0. The summed E-state index contributed by atoms with van der Waals surface area (Å²) in [5, 5.41) is 19.6. The molecule has 38 heavy (non-hydrogen) atoms. The van der Waals surface area contributed by atoms with Crippen molar-refractivity contribution in [2.24, 2.45) is 5.92 Å². The highest BCUT2D eigenvalue weighted by Crippen LogP contribution is 2.49. The predicted octanol–water partition coefficient (Wildman–Crippen LogP) is 3.36. The molecule has 2 aromatic heterocycles. The van der Waals surface area contributed by atoms with Crippen molar-refractivity contribution in [3.8, 4) is 17.1 Å². The molecule has 2 aliphatic carbocycles. The number of rotatable bonds is 5. The van der Waals surface area contributed by atoms with Gasteiger partial charge in [-0.05, 0) is 57.4 Å². The summed E-state index contributed by atoms with van der Waals surface area (Å²) in [4.78, 5) is 31.7. The summed E-state index contributed by atoms with van der Waals surface area (Å²) in [5.74, 6) is -1.56. The van der Waals surface area contributed by atoms with Crippen LogP contribution in [-0.2, 0) is 4.79 Å². The van der Waals surface area contributed by atoms with Crippen LogP contribution in [0.3, 0.4) is 0 Å². The SMILES string of the molecule is COc1cc(-c2cc(C(=O)N3CC[C@H](NC(=O)[C@H]4CC[C@@](O)(C(F)(F)F)CC4)CC34CC4)n[nH]2)c(F)cn1. The van der Waals surface area contributed by atoms with E-state index in [2.05, 4.69) is 20.5 Å². The summed E-state index contributed by atoms with van der Waals surface area (Å²) in [6.07, 6.45) is -2.17. The van der Waals surface area contributed by atoms with Crippen LogP contribution in [0.15, 0.2) is 18.3 Å². The number of ether oxygens (including phenoxy) is 1. The number of methoxy groups -OCH3 is 1. The van der Waals surface area contributed by atoms with Crippen molar-refractivity contribution in [3.05, 3.63) is 29.8 Å². The lowest BCUT2D eigenvalue weighted by Gasteiger charge is -2.41. The minimum absolute atomic E-state index is 0.0320. The maximum atomic E-state index is 14.3. The fraction of sp³-hybridized carbons (Fsp3) is 0.600. The number of hydrogen-bond acceptors (Lipinski definition) is 6. The fourth-order valence-electron chi connectivity index (χ4n) is 5.66. The number of carbonyl (C=O) groups excluding carboxylic acids is 2. The van der Waals surface area contributed by atoms with Gasteiger partial charge in [-0.1, -0.05) is 0 Å². The molecule has 1 atom stereocenters. The van der Waals surface area contributed by atoms with Gasteiger partial charge in [-0.25, -0.2) is 9.37 Å². The van der Waals surface area contributed by atoms with E-state index in [1.165, 1.54) is 19.2 Å². The first-order valence-corrected chi connectivity index (χ1v) is 12.6. The minimum atomic E-state index is -4.71. The Hall–Kier alpha value is -3.22. The van der Waals surface area contributed by atoms with E-state index in [1.807, 2.05) is 0 Å². The number of nitrogens with one attached hydrogen (secondary N) is 2. The number of carbonyl (C=O) groups is 2. The van der Waals surface area contributed by atoms with Gasteiger partial charge in [0.25, 0.3) is 5.91 Å². The molecule has 1 saturated heterocycles. The molecule has 3 aliphatic rings. The lowest BCUT2D eigenvalue weighted by atomic mass is 9.78. The number of likely N-dealkylation sites (tertiary alicyclic amines) is 1. The minimum Gasteiger partial charge on any atom is -0.481 e. The van der Waals surface area contributed by atoms with Crippen LogP contribution >= 0.6 is 0 Å². The third-order valence-corrected chi connectivity index (χ3v) is 8.16. The van der Waals surface area contributed by atoms with Gasteiger partial charge in [-0.15, -0.1) is 0 Å². The molecule has 0 unspecified atom stereocenters. The van der Waals surface area contributed by atoms with Crippen molar-refractivity contribution >= 4 is 11.8 Å². The quantitative estimate of drug-likeness (QED) is 0.502. The maximum Gasteiger partial charge on any atom is 0.417 e. The number of aromatic amines is 1. The standard InChI is InChI=1S/C25H29F4N5O4/c1-38-20-10-16(17(26)13-30-20)18-11-19(33-32-18)22(36)34-9-4-15(12-23(34)7-8-23)31-21(35)14-2-5-24(37,6-3-14)25(27,28)29/h10-11,13-15,37H,2-9,12H2,1H3,(H,31,35)(H,32,33)/t14-,15-,24-/m0/s1. The summed E-state index contributed by atoms with van der Waals surface area (Å²) in [7, 11) is 1.41. The number of halogens is 4. The Morgan fingerprint density at radius 2 is 1.89 bits per heavy atom. The smallest absolute Gasteiger partial charge is 0.417 e. The molecule has 206 valence electrons. The number of H-pyrrole nitrogens is 1. The zero-order valence-electron chi connectivity index (χ0n) is 20.8. The van der Waals surface area contributed by atoms with Gasteiger partial charge >= 0.3 is 6.18 Å². The largest absolute Gasteiger partial charge is 0.481 e. The second-order valence-corrected chi connectivity index (χ2v) is 10.6. The van der Waals surface area contributed by atoms with Gasteiger partial charge in [-0.2, -0.15) is 18.3 Å². The zero-order valence-corrected chi connectivity index (χ0v) is 20.8. The van der Waals surface area contributed by atoms with E-state index >= 15 is 0 Å². The number of aromatic nitrogens is 3. The molecule has 3 N–H and O–H groups in total. The number of pyridine rings is 1. The number of piperidine rings is 1. The average Bonchev–Trinajstić information content (AvgIpc) is 3.45. The van der Waals surface area contributed by atoms with Gasteiger partial charge in [0.1, 0.15) is 0 Å². The molecule has 0 aromatic carbocycles. The molecule has 5 rings (SSSR count). The average molecular weight is 540 g/mol. The van der Waals surface area contributed by atoms with E-state index in [0.29, 0.717) is 25.1 Å². The molecule has 13 heteroatoms. The van der Waals surface area contributed by atoms with Crippen molar-refractivity contribution < 1.29 is 37.0 Å². The highest BCUT2D eigenvalue weighted by molar-refractivity contribution is 5.94. The molecule has 9 nitrogen and oxygen atoms in total. The third-order valence-electron chi connectivity index (χ3n) is 8.16. The zero-order chi connectivity index (χ0) is 27.3. The Labute approximate surface area is 215 Å². The number of alkyl halides is 3. The first-order chi connectivity index (χ1) is 17.9. The van der Waals surface area contributed by atoms with Crippen LogP contribution < -0.4 is 10.1 Å². The van der Waals surface area contributed by atoms with Crippen LogP contribution in [0.1, 0.15) is 61.9 Å². The van der Waals surface area contributed by atoms with Crippen molar-refractivity contribution in [3.63, 3.8) is 0 Å². The van der Waals surface area contributed by atoms with Crippen molar-refractivity contribution in [2.45, 2.75) is 74.7 Å². The molecule has 3 heterocycles. The monoisotopic (exact) mass is 539 g/mol. The Balaban J connectivity index is 1.20. The van der Waals surface area contributed by atoms with Gasteiger partial charge < -0.3 is 20.1 Å². The van der Waals surface area contributed by atoms with Gasteiger partial charge in [0, 0.05) is 35.7 Å². The summed E-state index contributed by atoms with van der Waals surface area (Å²) in [6.45, 7) is 0.377. The van der Waals surface area contributed by atoms with Crippen molar-refractivity contribution in [2.75, 3.05) is 13.7 Å². The molecule has 2 amide bonds. The first-order valence-electron chi connectivity index (χ1n) is 12.6. The lowest BCUT2D eigenvalue weighted by Crippen LogP contribution is -2.55. The van der Waals surface area contributed by atoms with Gasteiger partial charge in [0.05, 0.1) is 19.0 Å². The summed E-state index contributed by atoms with van der Waals surface area (Å²) in [6, 6.07) is 2.68. The van der Waals surface area contributed by atoms with E-state index < -0.39 is 41.9 Å². The number of amides is 2. The first kappa shape index (κ1) is 26.4. The molecule has 1 aliphatic heterocycles. The Morgan fingerprint density at radius 1 is 1.18 bits per heavy atom. The van der Waals surface area contributed by atoms with E-state index in [4.69, 9.17) is 4.74 Å². The second-order valence-electron chi connectivity index (χ2n) is 10.6. The van der Waals surface area contributed by atoms with Crippen LogP contribution in [0.5, 0.6) is 5.88 Å². The maximum absolute atomic E-state index is 14.3. The molecule has 2 saturated carbocycles. The molecule has 0 radical (unpaired) electrons. The van der Waals surface area contributed by atoms with Crippen LogP contribution in [0.2, 0.25) is 0 Å². The Kier molecular flexibility index (Phi) is 6.60. The fourth-order valence-corrected chi connectivity index (χ4v) is 5.66. The van der Waals surface area contributed by atoms with Crippen molar-refractivity contribution in [1.29, 1.82) is 0 Å². The number of aliphatic hydroxyl groups is 1. The topological polar surface area (TPSA) is 120 Å². The van der Waals surface area contributed by atoms with E-state index in [-0.39, 0.29) is 47.8 Å². The second kappa shape index (κ2) is 9.51. The predicted molar refractivity (Wildman–Crippen MR) is 125 cm³/mol. The van der Waals surface area contributed by atoms with E-state index in [0.717, 1.165) is 19.0 Å². The Bertz CT molecular complexity index is 1220. The van der Waals surface area contributed by atoms with Gasteiger partial charge in [0.15, 0.2) is 17.1 Å². The number of nitrogens with zero attached hydrogens (tertiary/aromatic N) is 3. The molecule has 1 spiro atoms. The van der Waals surface area contributed by atoms with Crippen LogP contribution in [-0.4, -0.2) is 74.0 Å². The highest BCUT2D eigenvalue weighted by Gasteiger charge is 2.56. The van der Waals surface area contributed by atoms with Crippen LogP contribution in [0.4, 0.5) is 17.6 Å². The molecule has 3 fully saturated rings. The molecule has 0 bridgehead atoms. The van der Waals surface area contributed by atoms with Crippen molar-refractivity contribution in [1.82, 2.24) is 25.4 Å². The van der Waals surface area contributed by atoms with E-state index in [1.54, 1.807) is 4.90 Å². The van der Waals surface area contributed by atoms with Gasteiger partial charge in [-0.3, -0.25) is 14.7 Å². The molecular formula is C25H29F4N5O4. The summed E-state index contributed by atoms with van der Waals surface area (Å²) < 4.78 is 58.5. The Morgan fingerprint density at radius 3 is 2.53 bits per heavy atom. The lowest BCUT2D eigenvalue weighted by molar-refractivity contribution is -0.271. The number of hydrogen-bond donors (Lipinski definition) is 3. The van der Waals surface area contributed by atoms with Gasteiger partial charge in [0.2, 0.25) is 11.8 Å². The van der Waals surface area contributed by atoms with Crippen LogP contribution in [0.25, 0.3) is 11.3 Å².